The van der Waals surface area contributed by atoms with Crippen LogP contribution in [0.4, 0.5) is 0 Å². The second kappa shape index (κ2) is 25.7. The Hall–Kier alpha value is -7.62. The van der Waals surface area contributed by atoms with Gasteiger partial charge in [0.15, 0.2) is 0 Å². The van der Waals surface area contributed by atoms with Crippen LogP contribution in [0.15, 0.2) is 73.3 Å². The van der Waals surface area contributed by atoms with Crippen LogP contribution in [-0.2, 0) is 62.4 Å². The Morgan fingerprint density at radius 2 is 1.31 bits per heavy atom. The van der Waals surface area contributed by atoms with Gasteiger partial charge >= 0.3 is 0 Å². The molecule has 4 rings (SSSR count). The number of aromatic amines is 2. The highest BCUT2D eigenvalue weighted by atomic mass is 16.2. The summed E-state index contributed by atoms with van der Waals surface area (Å²) in [5, 5.41) is 19.1. The van der Waals surface area contributed by atoms with Gasteiger partial charge in [-0.2, -0.15) is 0 Å². The van der Waals surface area contributed by atoms with Crippen LogP contribution in [0.2, 0.25) is 0 Å². The van der Waals surface area contributed by atoms with Gasteiger partial charge in [0.1, 0.15) is 35.7 Å². The van der Waals surface area contributed by atoms with Crippen molar-refractivity contribution in [3.63, 3.8) is 0 Å². The van der Waals surface area contributed by atoms with Gasteiger partial charge in [-0.3, -0.25) is 43.2 Å². The van der Waals surface area contributed by atoms with Gasteiger partial charge < -0.3 is 64.4 Å². The lowest BCUT2D eigenvalue weighted by Gasteiger charge is -2.31. The zero-order chi connectivity index (χ0) is 51.7. The smallest absolute Gasteiger partial charge is 0.245 e. The Morgan fingerprint density at radius 3 is 1.94 bits per heavy atom. The van der Waals surface area contributed by atoms with E-state index >= 15 is 0 Å². The highest BCUT2D eigenvalue weighted by Gasteiger charge is 2.37. The molecule has 0 bridgehead atoms. The number of rotatable bonds is 27. The molecule has 15 N–H and O–H groups in total. The monoisotopic (exact) mass is 970 g/mol. The van der Waals surface area contributed by atoms with Crippen LogP contribution >= 0.6 is 0 Å². The second-order valence-electron chi connectivity index (χ2n) is 18.5. The average molecular weight is 970 g/mol. The third-order valence-corrected chi connectivity index (χ3v) is 11.3. The lowest BCUT2D eigenvalue weighted by molar-refractivity contribution is -0.137. The standard InChI is InChI=1S/C48H67N13O9/c1-26(2)18-35(41(51)64)58-44(67)37(21-30-23-52-25-55-30)56-39(63)24-54-46(69)40(27(3)4)60-47(70)48(5,6)61-45(68)36(20-29-22-53-33-15-11-10-14-31(29)33)59-43(66)34(16-17-38(50)62)57-42(65)32(49)19-28-12-8-7-9-13-28/h7-15,22-23,25-27,32,34-37,40,53H,16-21,24,49H2,1-6H3,(H2,50,62)(H2,51,64)(H,52,55)(H,54,69)(H,56,63)(H,57,65)(H,58,67)(H,59,66)(H,60,70)(H,61,68). The summed E-state index contributed by atoms with van der Waals surface area (Å²) in [6.07, 6.45) is 4.34. The molecule has 2 heterocycles. The summed E-state index contributed by atoms with van der Waals surface area (Å²) >= 11 is 0. The van der Waals surface area contributed by atoms with E-state index in [4.69, 9.17) is 17.2 Å². The molecule has 22 nitrogen and oxygen atoms in total. The van der Waals surface area contributed by atoms with Crippen LogP contribution in [0.1, 0.15) is 77.6 Å². The number of para-hydroxylation sites is 1. The number of nitrogens with zero attached hydrogens (tertiary/aromatic N) is 1. The Balaban J connectivity index is 1.47. The van der Waals surface area contributed by atoms with Crippen molar-refractivity contribution in [3.8, 4) is 0 Å². The Morgan fingerprint density at radius 1 is 0.686 bits per heavy atom. The lowest BCUT2D eigenvalue weighted by atomic mass is 9.97. The van der Waals surface area contributed by atoms with Crippen molar-refractivity contribution in [2.24, 2.45) is 29.0 Å². The number of carbonyl (C=O) groups is 9. The van der Waals surface area contributed by atoms with Crippen molar-refractivity contribution in [1.29, 1.82) is 0 Å². The second-order valence-corrected chi connectivity index (χ2v) is 18.5. The third kappa shape index (κ3) is 16.9. The first kappa shape index (κ1) is 55.0. The topological polar surface area (TPSA) is 360 Å². The van der Waals surface area contributed by atoms with E-state index < -0.39 is 107 Å². The highest BCUT2D eigenvalue weighted by Crippen LogP contribution is 2.20. The van der Waals surface area contributed by atoms with E-state index in [0.29, 0.717) is 11.3 Å². The first-order valence-corrected chi connectivity index (χ1v) is 23.0. The van der Waals surface area contributed by atoms with E-state index in [2.05, 4.69) is 52.2 Å². The van der Waals surface area contributed by atoms with E-state index in [1.165, 1.54) is 26.4 Å². The van der Waals surface area contributed by atoms with Gasteiger partial charge in [-0.05, 0) is 62.1 Å². The fraction of sp³-hybridized carbons (Fsp3) is 0.458. The Bertz CT molecular complexity index is 2450. The number of hydrogen-bond acceptors (Lipinski definition) is 11. The maximum absolute atomic E-state index is 14.3. The van der Waals surface area contributed by atoms with Crippen LogP contribution < -0.4 is 54.4 Å². The average Bonchev–Trinajstić information content (AvgIpc) is 3.97. The van der Waals surface area contributed by atoms with Crippen molar-refractivity contribution >= 4 is 64.1 Å². The number of imidazole rings is 1. The fourth-order valence-corrected chi connectivity index (χ4v) is 7.44. The first-order valence-electron chi connectivity index (χ1n) is 23.0. The normalized spacial score (nSPS) is 14.0. The summed E-state index contributed by atoms with van der Waals surface area (Å²) in [4.78, 5) is 130. The third-order valence-electron chi connectivity index (χ3n) is 11.3. The van der Waals surface area contributed by atoms with E-state index in [1.54, 1.807) is 50.4 Å². The molecule has 0 spiro atoms. The van der Waals surface area contributed by atoms with Crippen LogP contribution in [0, 0.1) is 11.8 Å². The molecule has 6 atom stereocenters. The summed E-state index contributed by atoms with van der Waals surface area (Å²) in [6.45, 7) is 9.20. The maximum Gasteiger partial charge on any atom is 0.245 e. The number of hydrogen-bond donors (Lipinski definition) is 12. The molecule has 9 amide bonds. The number of nitrogens with two attached hydrogens (primary N) is 3. The number of benzene rings is 2. The SMILES string of the molecule is CC(C)CC(NC(=O)C(Cc1cnc[nH]1)NC(=O)CNC(=O)C(NC(=O)C(C)(C)NC(=O)C(Cc1c[nH]c2ccccc12)NC(=O)C(CCC(N)=O)NC(=O)C(N)Cc1ccccc1)C(C)C)C(N)=O. The van der Waals surface area contributed by atoms with E-state index in [9.17, 15) is 43.2 Å². The minimum Gasteiger partial charge on any atom is -0.370 e. The molecule has 0 aliphatic rings. The summed E-state index contributed by atoms with van der Waals surface area (Å²) in [5.41, 5.74) is 18.1. The molecular weight excluding hydrogens is 903 g/mol. The molecule has 4 aromatic rings. The van der Waals surface area contributed by atoms with Crippen LogP contribution in [0.3, 0.4) is 0 Å². The number of amides is 9. The molecule has 6 unspecified atom stereocenters. The molecule has 0 saturated carbocycles. The Labute approximate surface area is 406 Å². The Kier molecular flexibility index (Phi) is 20.2. The number of fused-ring (bicyclic) bond motifs is 1. The minimum absolute atomic E-state index is 0.0171. The molecule has 0 fully saturated rings. The first-order chi connectivity index (χ1) is 33.0. The van der Waals surface area contributed by atoms with Crippen LogP contribution in [0.5, 0.6) is 0 Å². The molecule has 0 aliphatic carbocycles. The lowest BCUT2D eigenvalue weighted by Crippen LogP contribution is -2.63. The van der Waals surface area contributed by atoms with Gasteiger partial charge in [-0.1, -0.05) is 76.2 Å². The van der Waals surface area contributed by atoms with Gasteiger partial charge in [-0.25, -0.2) is 4.98 Å². The molecule has 2 aromatic carbocycles. The number of nitrogens with one attached hydrogen (secondary N) is 9. The molecule has 378 valence electrons. The van der Waals surface area contributed by atoms with E-state index in [-0.39, 0.29) is 44.4 Å². The summed E-state index contributed by atoms with van der Waals surface area (Å²) in [7, 11) is 0. The summed E-state index contributed by atoms with van der Waals surface area (Å²) < 4.78 is 0. The van der Waals surface area contributed by atoms with Crippen molar-refractivity contribution < 1.29 is 43.2 Å². The van der Waals surface area contributed by atoms with Crippen molar-refractivity contribution in [2.75, 3.05) is 6.54 Å². The zero-order valence-electron chi connectivity index (χ0n) is 40.4. The van der Waals surface area contributed by atoms with E-state index in [1.807, 2.05) is 38.1 Å². The van der Waals surface area contributed by atoms with Crippen LogP contribution in [0.25, 0.3) is 10.9 Å². The molecule has 0 saturated heterocycles. The number of H-pyrrole nitrogens is 2. The molecular formula is C48H67N13O9. The van der Waals surface area contributed by atoms with E-state index in [0.717, 1.165) is 16.5 Å². The highest BCUT2D eigenvalue weighted by molar-refractivity contribution is 5.99. The van der Waals surface area contributed by atoms with Gasteiger partial charge in [0.25, 0.3) is 0 Å². The largest absolute Gasteiger partial charge is 0.370 e. The van der Waals surface area contributed by atoms with Crippen molar-refractivity contribution in [1.82, 2.24) is 52.2 Å². The van der Waals surface area contributed by atoms with Gasteiger partial charge in [0, 0.05) is 48.3 Å². The summed E-state index contributed by atoms with van der Waals surface area (Å²) in [5.74, 6) is -7.29. The van der Waals surface area contributed by atoms with Gasteiger partial charge in [-0.15, -0.1) is 0 Å². The molecule has 70 heavy (non-hydrogen) atoms. The number of primary amides is 2. The zero-order valence-corrected chi connectivity index (χ0v) is 40.4. The van der Waals surface area contributed by atoms with Gasteiger partial charge in [0.2, 0.25) is 53.2 Å². The maximum atomic E-state index is 14.3. The van der Waals surface area contributed by atoms with Crippen molar-refractivity contribution in [2.45, 2.75) is 122 Å². The number of carbonyl (C=O) groups excluding carboxylic acids is 9. The number of aromatic nitrogens is 3. The molecule has 0 radical (unpaired) electrons. The van der Waals surface area contributed by atoms with Crippen LogP contribution in [-0.4, -0.2) is 116 Å². The van der Waals surface area contributed by atoms with Gasteiger partial charge in [0.05, 0.1) is 18.9 Å². The molecule has 0 aliphatic heterocycles. The quantitative estimate of drug-likeness (QED) is 0.0349. The predicted molar refractivity (Wildman–Crippen MR) is 259 cm³/mol. The predicted octanol–water partition coefficient (Wildman–Crippen LogP) is -0.866. The fourth-order valence-electron chi connectivity index (χ4n) is 7.44. The minimum atomic E-state index is -1.72. The summed E-state index contributed by atoms with van der Waals surface area (Å²) in [6, 6.07) is 9.10. The van der Waals surface area contributed by atoms with Crippen molar-refractivity contribution in [3.05, 3.63) is 90.1 Å². The molecule has 22 heteroatoms. The molecule has 2 aromatic heterocycles.